The van der Waals surface area contributed by atoms with E-state index in [4.69, 9.17) is 9.92 Å². The van der Waals surface area contributed by atoms with Crippen molar-refractivity contribution in [2.75, 3.05) is 12.8 Å². The van der Waals surface area contributed by atoms with Crippen molar-refractivity contribution < 1.29 is 8.39 Å². The first-order valence-corrected chi connectivity index (χ1v) is 7.64. The van der Waals surface area contributed by atoms with E-state index in [0.29, 0.717) is 11.0 Å². The zero-order valence-electron chi connectivity index (χ0n) is 12.0. The lowest BCUT2D eigenvalue weighted by Crippen LogP contribution is -2.09. The average molecular weight is 313 g/mol. The molecular formula is C16H15N3O2S. The quantitative estimate of drug-likeness (QED) is 0.804. The molecule has 112 valence electrons. The number of nitrogen functional groups attached to an aromatic ring is 1. The van der Waals surface area contributed by atoms with Crippen molar-refractivity contribution >= 4 is 33.8 Å². The Bertz CT molecular complexity index is 872. The summed E-state index contributed by atoms with van der Waals surface area (Å²) in [6.07, 6.45) is 0. The lowest BCUT2D eigenvalue weighted by molar-refractivity contribution is 0.441. The highest BCUT2D eigenvalue weighted by molar-refractivity contribution is 7.78. The van der Waals surface area contributed by atoms with E-state index in [9.17, 15) is 4.21 Å². The number of fused-ring (bicyclic) bond motifs is 1. The molecule has 3 aromatic rings. The van der Waals surface area contributed by atoms with E-state index in [1.807, 2.05) is 48.5 Å². The molecule has 0 aliphatic heterocycles. The smallest absolute Gasteiger partial charge is 0.271 e. The van der Waals surface area contributed by atoms with Crippen LogP contribution in [0.1, 0.15) is 11.1 Å². The van der Waals surface area contributed by atoms with Gasteiger partial charge in [-0.3, -0.25) is 4.18 Å². The first kappa shape index (κ1) is 14.5. The molecule has 0 radical (unpaired) electrons. The predicted octanol–water partition coefficient (Wildman–Crippen LogP) is 2.75. The van der Waals surface area contributed by atoms with Crippen LogP contribution in [0.2, 0.25) is 0 Å². The van der Waals surface area contributed by atoms with Crippen molar-refractivity contribution in [1.82, 2.24) is 8.96 Å². The maximum absolute atomic E-state index is 12.0. The highest BCUT2D eigenvalue weighted by Crippen LogP contribution is 2.26. The van der Waals surface area contributed by atoms with Gasteiger partial charge in [0.1, 0.15) is 0 Å². The zero-order valence-corrected chi connectivity index (χ0v) is 12.8. The van der Waals surface area contributed by atoms with Gasteiger partial charge in [0.05, 0.1) is 18.1 Å². The van der Waals surface area contributed by atoms with Crippen LogP contribution in [0.3, 0.4) is 0 Å². The summed E-state index contributed by atoms with van der Waals surface area (Å²) in [6.45, 7) is 4.14. The Kier molecular flexibility index (Phi) is 3.79. The number of benzene rings is 2. The van der Waals surface area contributed by atoms with Crippen LogP contribution in [-0.4, -0.2) is 20.3 Å². The summed E-state index contributed by atoms with van der Waals surface area (Å²) >= 11 is -1.71. The Balaban J connectivity index is 2.13. The molecule has 0 spiro atoms. The fourth-order valence-electron chi connectivity index (χ4n) is 2.30. The Hall–Kier alpha value is -2.44. The highest BCUT2D eigenvalue weighted by Gasteiger charge is 2.15. The first-order valence-electron chi connectivity index (χ1n) is 6.61. The number of nitrogens with zero attached hydrogens (tertiary/aromatic N) is 2. The number of hydrogen-bond acceptors (Lipinski definition) is 4. The maximum Gasteiger partial charge on any atom is 0.271 e. The SMILES string of the molecule is C=C(c1ccccc1)c1ccc2nc(N)n(S(=O)OC)c2c1. The maximum atomic E-state index is 12.0. The minimum atomic E-state index is -1.71. The van der Waals surface area contributed by atoms with E-state index < -0.39 is 11.3 Å². The molecule has 0 aliphatic carbocycles. The molecule has 5 nitrogen and oxygen atoms in total. The first-order chi connectivity index (χ1) is 10.6. The molecule has 2 N–H and O–H groups in total. The van der Waals surface area contributed by atoms with Gasteiger partial charge in [0.15, 0.2) is 0 Å². The molecule has 3 rings (SSSR count). The molecule has 1 unspecified atom stereocenters. The second-order valence-corrected chi connectivity index (χ2v) is 5.83. The number of rotatable bonds is 4. The fraction of sp³-hybridized carbons (Fsp3) is 0.0625. The number of anilines is 1. The third-order valence-corrected chi connectivity index (χ3v) is 4.37. The van der Waals surface area contributed by atoms with Crippen molar-refractivity contribution in [2.45, 2.75) is 0 Å². The molecular weight excluding hydrogens is 298 g/mol. The summed E-state index contributed by atoms with van der Waals surface area (Å²) in [7, 11) is 1.36. The fourth-order valence-corrected chi connectivity index (χ4v) is 2.95. The summed E-state index contributed by atoms with van der Waals surface area (Å²) in [5.74, 6) is 0.151. The molecule has 1 atom stereocenters. The van der Waals surface area contributed by atoms with Gasteiger partial charge in [0.25, 0.3) is 11.3 Å². The summed E-state index contributed by atoms with van der Waals surface area (Å²) in [6, 6.07) is 15.5. The Labute approximate surface area is 130 Å². The van der Waals surface area contributed by atoms with Crippen LogP contribution in [0.25, 0.3) is 16.6 Å². The van der Waals surface area contributed by atoms with Crippen LogP contribution in [0.5, 0.6) is 0 Å². The highest BCUT2D eigenvalue weighted by atomic mass is 32.2. The Morgan fingerprint density at radius 3 is 2.64 bits per heavy atom. The number of hydrogen-bond donors (Lipinski definition) is 1. The second-order valence-electron chi connectivity index (χ2n) is 4.70. The minimum Gasteiger partial charge on any atom is -0.368 e. The number of imidazole rings is 1. The molecule has 0 aliphatic rings. The third kappa shape index (κ3) is 2.43. The molecule has 0 bridgehead atoms. The van der Waals surface area contributed by atoms with E-state index in [0.717, 1.165) is 16.7 Å². The van der Waals surface area contributed by atoms with Gasteiger partial charge in [0.2, 0.25) is 5.95 Å². The van der Waals surface area contributed by atoms with E-state index >= 15 is 0 Å². The van der Waals surface area contributed by atoms with Gasteiger partial charge < -0.3 is 5.73 Å². The third-order valence-electron chi connectivity index (χ3n) is 3.40. The molecule has 6 heteroatoms. The van der Waals surface area contributed by atoms with Gasteiger partial charge in [0, 0.05) is 0 Å². The van der Waals surface area contributed by atoms with Crippen molar-refractivity contribution in [3.63, 3.8) is 0 Å². The van der Waals surface area contributed by atoms with Crippen LogP contribution < -0.4 is 5.73 Å². The molecule has 0 saturated carbocycles. The normalized spacial score (nSPS) is 12.4. The van der Waals surface area contributed by atoms with Gasteiger partial charge >= 0.3 is 0 Å². The van der Waals surface area contributed by atoms with Gasteiger partial charge in [-0.2, -0.15) is 0 Å². The van der Waals surface area contributed by atoms with Crippen LogP contribution in [0, 0.1) is 0 Å². The van der Waals surface area contributed by atoms with Gasteiger partial charge in [-0.25, -0.2) is 13.2 Å². The van der Waals surface area contributed by atoms with E-state index in [2.05, 4.69) is 11.6 Å². The monoisotopic (exact) mass is 313 g/mol. The van der Waals surface area contributed by atoms with Gasteiger partial charge in [-0.05, 0) is 28.8 Å². The summed E-state index contributed by atoms with van der Waals surface area (Å²) in [5, 5.41) is 0. The topological polar surface area (TPSA) is 70.1 Å². The second kappa shape index (κ2) is 5.75. The number of nitrogens with two attached hydrogens (primary N) is 1. The lowest BCUT2D eigenvalue weighted by atomic mass is 9.99. The summed E-state index contributed by atoms with van der Waals surface area (Å²) < 4.78 is 18.2. The zero-order chi connectivity index (χ0) is 15.7. The Morgan fingerprint density at radius 1 is 1.23 bits per heavy atom. The van der Waals surface area contributed by atoms with Crippen molar-refractivity contribution in [3.05, 3.63) is 66.2 Å². The lowest BCUT2D eigenvalue weighted by Gasteiger charge is -2.07. The molecule has 1 aromatic heterocycles. The molecule has 0 saturated heterocycles. The predicted molar refractivity (Wildman–Crippen MR) is 89.3 cm³/mol. The summed E-state index contributed by atoms with van der Waals surface area (Å²) in [4.78, 5) is 4.19. The van der Waals surface area contributed by atoms with Crippen LogP contribution in [-0.2, 0) is 15.4 Å². The van der Waals surface area contributed by atoms with Crippen molar-refractivity contribution in [3.8, 4) is 0 Å². The standard InChI is InChI=1S/C16H15N3O2S/c1-11(12-6-4-3-5-7-12)13-8-9-14-15(10-13)19(16(17)18-14)22(20)21-2/h3-10H,1H2,2H3,(H2,17,18). The van der Waals surface area contributed by atoms with Crippen LogP contribution >= 0.6 is 0 Å². The van der Waals surface area contributed by atoms with Crippen LogP contribution in [0.15, 0.2) is 55.1 Å². The van der Waals surface area contributed by atoms with Gasteiger partial charge in [-0.1, -0.05) is 43.0 Å². The summed E-state index contributed by atoms with van der Waals surface area (Å²) in [5.41, 5.74) is 9.93. The van der Waals surface area contributed by atoms with Gasteiger partial charge in [-0.15, -0.1) is 0 Å². The minimum absolute atomic E-state index is 0.151. The molecule has 0 amide bonds. The molecule has 22 heavy (non-hydrogen) atoms. The van der Waals surface area contributed by atoms with E-state index in [-0.39, 0.29) is 5.95 Å². The van der Waals surface area contributed by atoms with E-state index in [1.165, 1.54) is 11.1 Å². The van der Waals surface area contributed by atoms with Crippen molar-refractivity contribution in [2.24, 2.45) is 0 Å². The van der Waals surface area contributed by atoms with Crippen LogP contribution in [0.4, 0.5) is 5.95 Å². The van der Waals surface area contributed by atoms with E-state index in [1.54, 1.807) is 0 Å². The average Bonchev–Trinajstić information content (AvgIpc) is 2.89. The van der Waals surface area contributed by atoms with Crippen molar-refractivity contribution in [1.29, 1.82) is 0 Å². The largest absolute Gasteiger partial charge is 0.368 e. The Morgan fingerprint density at radius 2 is 1.95 bits per heavy atom. The molecule has 1 heterocycles. The molecule has 2 aromatic carbocycles. The molecule has 0 fully saturated rings. The number of aromatic nitrogens is 2.